The zero-order valence-corrected chi connectivity index (χ0v) is 23.6. The molecule has 0 unspecified atom stereocenters. The highest BCUT2D eigenvalue weighted by Gasteiger charge is 2.31. The van der Waals surface area contributed by atoms with Crippen molar-refractivity contribution >= 4 is 32.7 Å². The topological polar surface area (TPSA) is 86.2 Å². The number of aromatic nitrogens is 1. The van der Waals surface area contributed by atoms with Gasteiger partial charge in [0.25, 0.3) is 11.8 Å². The summed E-state index contributed by atoms with van der Waals surface area (Å²) in [5, 5.41) is 0.868. The lowest BCUT2D eigenvalue weighted by Gasteiger charge is -2.37. The Morgan fingerprint density at radius 2 is 1.41 bits per heavy atom. The number of piperazine rings is 2. The lowest BCUT2D eigenvalue weighted by molar-refractivity contribution is 0.0595. The van der Waals surface area contributed by atoms with Gasteiger partial charge in [0.2, 0.25) is 10.0 Å². The summed E-state index contributed by atoms with van der Waals surface area (Å²) in [4.78, 5) is 32.9. The maximum Gasteiger partial charge on any atom is 0.270 e. The van der Waals surface area contributed by atoms with E-state index in [4.69, 9.17) is 0 Å². The van der Waals surface area contributed by atoms with Crippen LogP contribution in [-0.4, -0.2) is 108 Å². The van der Waals surface area contributed by atoms with Crippen LogP contribution in [-0.2, 0) is 10.0 Å². The smallest absolute Gasteiger partial charge is 0.270 e. The highest BCUT2D eigenvalue weighted by Crippen LogP contribution is 2.27. The molecule has 0 N–H and O–H groups in total. The Balaban J connectivity index is 1.53. The van der Waals surface area contributed by atoms with Gasteiger partial charge in [-0.2, -0.15) is 4.31 Å². The zero-order chi connectivity index (χ0) is 26.9. The number of hydrogen-bond acceptors (Lipinski definition) is 5. The molecule has 2 aliphatic rings. The summed E-state index contributed by atoms with van der Waals surface area (Å²) in [7, 11) is -3.27. The van der Waals surface area contributed by atoms with Gasteiger partial charge in [0.05, 0.1) is 5.75 Å². The van der Waals surface area contributed by atoms with Gasteiger partial charge in [0.15, 0.2) is 0 Å². The van der Waals surface area contributed by atoms with Crippen molar-refractivity contribution in [1.82, 2.24) is 23.6 Å². The Labute approximate surface area is 221 Å². The fourth-order valence-electron chi connectivity index (χ4n) is 5.43. The molecule has 0 bridgehead atoms. The molecule has 9 nitrogen and oxygen atoms in total. The summed E-state index contributed by atoms with van der Waals surface area (Å²) in [6.45, 7) is 14.8. The van der Waals surface area contributed by atoms with E-state index < -0.39 is 10.0 Å². The van der Waals surface area contributed by atoms with E-state index in [0.29, 0.717) is 63.0 Å². The van der Waals surface area contributed by atoms with E-state index in [2.05, 4.69) is 18.7 Å². The molecule has 0 aliphatic carbocycles. The van der Waals surface area contributed by atoms with Crippen molar-refractivity contribution in [2.24, 2.45) is 0 Å². The Hall–Kier alpha value is -2.43. The second-order valence-electron chi connectivity index (χ2n) is 10.7. The Kier molecular flexibility index (Phi) is 8.30. The number of hydrogen-bond donors (Lipinski definition) is 0. The van der Waals surface area contributed by atoms with Gasteiger partial charge in [-0.3, -0.25) is 14.5 Å². The number of carbonyl (C=O) groups is 2. The van der Waals surface area contributed by atoms with E-state index >= 15 is 0 Å². The molecule has 2 aromatic rings. The van der Waals surface area contributed by atoms with Gasteiger partial charge in [-0.15, -0.1) is 0 Å². The summed E-state index contributed by atoms with van der Waals surface area (Å²) in [6, 6.07) is 8.11. The first-order valence-corrected chi connectivity index (χ1v) is 15.1. The van der Waals surface area contributed by atoms with Crippen LogP contribution in [0.5, 0.6) is 0 Å². The molecule has 204 valence electrons. The van der Waals surface area contributed by atoms with E-state index in [0.717, 1.165) is 24.0 Å². The predicted octanol–water partition coefficient (Wildman–Crippen LogP) is 2.89. The minimum Gasteiger partial charge on any atom is -0.336 e. The first-order chi connectivity index (χ1) is 17.5. The summed E-state index contributed by atoms with van der Waals surface area (Å²) < 4.78 is 28.4. The number of sulfonamides is 1. The third kappa shape index (κ3) is 5.71. The third-order valence-corrected chi connectivity index (χ3v) is 9.61. The summed E-state index contributed by atoms with van der Waals surface area (Å²) in [6.07, 6.45) is 0.578. The quantitative estimate of drug-likeness (QED) is 0.549. The van der Waals surface area contributed by atoms with Crippen LogP contribution in [0.2, 0.25) is 0 Å². The largest absolute Gasteiger partial charge is 0.336 e. The lowest BCUT2D eigenvalue weighted by Crippen LogP contribution is -2.51. The Bertz CT molecular complexity index is 1240. The van der Waals surface area contributed by atoms with Crippen LogP contribution in [0.25, 0.3) is 10.9 Å². The second kappa shape index (κ2) is 11.1. The van der Waals surface area contributed by atoms with Crippen LogP contribution in [0.3, 0.4) is 0 Å². The van der Waals surface area contributed by atoms with Crippen molar-refractivity contribution in [3.05, 3.63) is 35.5 Å². The number of rotatable bonds is 7. The molecule has 0 saturated carbocycles. The third-order valence-electron chi connectivity index (χ3n) is 7.53. The molecule has 2 aliphatic heterocycles. The minimum atomic E-state index is -3.27. The van der Waals surface area contributed by atoms with Gasteiger partial charge in [-0.25, -0.2) is 8.42 Å². The minimum absolute atomic E-state index is 0.0277. The molecule has 10 heteroatoms. The van der Waals surface area contributed by atoms with Gasteiger partial charge in [-0.05, 0) is 58.4 Å². The first-order valence-electron chi connectivity index (χ1n) is 13.5. The van der Waals surface area contributed by atoms with Gasteiger partial charge in [0.1, 0.15) is 5.69 Å². The van der Waals surface area contributed by atoms with Gasteiger partial charge >= 0.3 is 0 Å². The number of nitrogens with zero attached hydrogens (tertiary/aromatic N) is 5. The van der Waals surface area contributed by atoms with Gasteiger partial charge < -0.3 is 14.4 Å². The molecule has 0 radical (unpaired) electrons. The highest BCUT2D eigenvalue weighted by atomic mass is 32.2. The van der Waals surface area contributed by atoms with Crippen molar-refractivity contribution in [2.75, 3.05) is 58.1 Å². The van der Waals surface area contributed by atoms with Crippen LogP contribution < -0.4 is 0 Å². The maximum atomic E-state index is 13.6. The van der Waals surface area contributed by atoms with E-state index in [1.807, 2.05) is 54.5 Å². The van der Waals surface area contributed by atoms with Crippen LogP contribution >= 0.6 is 0 Å². The molecule has 3 heterocycles. The molecule has 0 atom stereocenters. The number of fused-ring (bicyclic) bond motifs is 1. The van der Waals surface area contributed by atoms with Crippen LogP contribution in [0, 0.1) is 0 Å². The molecular weight excluding hydrogens is 490 g/mol. The lowest BCUT2D eigenvalue weighted by atomic mass is 10.1. The summed E-state index contributed by atoms with van der Waals surface area (Å²) in [5.41, 5.74) is 2.13. The summed E-state index contributed by atoms with van der Waals surface area (Å²) in [5.74, 6) is 0.0619. The monoisotopic (exact) mass is 531 g/mol. The van der Waals surface area contributed by atoms with Crippen LogP contribution in [0.15, 0.2) is 24.3 Å². The normalized spacial score (nSPS) is 18.4. The van der Waals surface area contributed by atoms with E-state index in [1.165, 1.54) is 4.31 Å². The van der Waals surface area contributed by atoms with Crippen molar-refractivity contribution in [3.63, 3.8) is 0 Å². The van der Waals surface area contributed by atoms with E-state index in [1.54, 1.807) is 4.90 Å². The molecule has 2 saturated heterocycles. The Morgan fingerprint density at radius 1 is 0.811 bits per heavy atom. The van der Waals surface area contributed by atoms with Crippen LogP contribution in [0.4, 0.5) is 0 Å². The highest BCUT2D eigenvalue weighted by molar-refractivity contribution is 7.89. The van der Waals surface area contributed by atoms with Crippen molar-refractivity contribution in [2.45, 2.75) is 53.1 Å². The molecule has 4 rings (SSSR count). The SMILES string of the molecule is CCCS(=O)(=O)N1CCN(C(=O)c2cc3cc(C(=O)N4CCN(C(C)C)CC4)ccc3n2C(C)C)CC1. The Morgan fingerprint density at radius 3 is 1.97 bits per heavy atom. The fourth-order valence-corrected chi connectivity index (χ4v) is 6.93. The van der Waals surface area contributed by atoms with Crippen molar-refractivity contribution in [1.29, 1.82) is 0 Å². The molecule has 2 fully saturated rings. The van der Waals surface area contributed by atoms with Gasteiger partial charge in [0, 0.05) is 80.9 Å². The first kappa shape index (κ1) is 27.6. The van der Waals surface area contributed by atoms with Crippen molar-refractivity contribution < 1.29 is 18.0 Å². The van der Waals surface area contributed by atoms with Crippen molar-refractivity contribution in [3.8, 4) is 0 Å². The molecule has 0 spiro atoms. The molecular formula is C27H41N5O4S. The molecule has 1 aromatic carbocycles. The van der Waals surface area contributed by atoms with E-state index in [9.17, 15) is 18.0 Å². The predicted molar refractivity (Wildman–Crippen MR) is 146 cm³/mol. The van der Waals surface area contributed by atoms with E-state index in [-0.39, 0.29) is 23.6 Å². The number of benzene rings is 1. The molecule has 37 heavy (non-hydrogen) atoms. The molecule has 1 aromatic heterocycles. The number of carbonyl (C=O) groups excluding carboxylic acids is 2. The average Bonchev–Trinajstić information content (AvgIpc) is 3.27. The fraction of sp³-hybridized carbons (Fsp3) is 0.630. The second-order valence-corrected chi connectivity index (χ2v) is 12.8. The van der Waals surface area contributed by atoms with Crippen LogP contribution in [0.1, 0.15) is 67.9 Å². The summed E-state index contributed by atoms with van der Waals surface area (Å²) >= 11 is 0. The maximum absolute atomic E-state index is 13.6. The molecule has 2 amide bonds. The average molecular weight is 532 g/mol. The number of amides is 2. The van der Waals surface area contributed by atoms with Gasteiger partial charge in [-0.1, -0.05) is 6.92 Å². The standard InChI is InChI=1S/C27H41N5O4S/c1-6-17-37(35,36)31-15-13-30(14-16-31)27(34)25-19-23-18-22(7-8-24(23)32(25)21(4)5)26(33)29-11-9-28(10-12-29)20(2)3/h7-8,18-21H,6,9-17H2,1-5H3. The zero-order valence-electron chi connectivity index (χ0n) is 22.8.